The summed E-state index contributed by atoms with van der Waals surface area (Å²) >= 11 is 4.93. The summed E-state index contributed by atoms with van der Waals surface area (Å²) in [5.41, 5.74) is 2.46. The Morgan fingerprint density at radius 1 is 1.00 bits per heavy atom. The number of hydrogen-bond acceptors (Lipinski definition) is 4. The van der Waals surface area contributed by atoms with Crippen molar-refractivity contribution in [3.8, 4) is 0 Å². The molecule has 0 amide bonds. The molecule has 0 radical (unpaired) electrons. The van der Waals surface area contributed by atoms with E-state index in [9.17, 15) is 0 Å². The molecule has 2 aliphatic heterocycles. The Balaban J connectivity index is 1.94. The van der Waals surface area contributed by atoms with Gasteiger partial charge in [0.1, 0.15) is 0 Å². The summed E-state index contributed by atoms with van der Waals surface area (Å²) in [7, 11) is 0. The number of rotatable bonds is 1. The van der Waals surface area contributed by atoms with Gasteiger partial charge in [-0.25, -0.2) is 9.98 Å². The van der Waals surface area contributed by atoms with Crippen molar-refractivity contribution in [3.63, 3.8) is 0 Å². The van der Waals surface area contributed by atoms with Crippen molar-refractivity contribution in [2.75, 3.05) is 4.90 Å². The highest BCUT2D eigenvalue weighted by atomic mass is 32.1. The van der Waals surface area contributed by atoms with Gasteiger partial charge in [0.25, 0.3) is 5.12 Å². The molecule has 0 fully saturated rings. The molecular formula is C19H21N3S. The summed E-state index contributed by atoms with van der Waals surface area (Å²) in [5, 5.41) is 0.937. The molecule has 4 heteroatoms. The average molecular weight is 323 g/mol. The van der Waals surface area contributed by atoms with E-state index in [2.05, 4.69) is 49.9 Å². The topological polar surface area (TPSA) is 28.0 Å². The third-order valence-corrected chi connectivity index (χ3v) is 5.24. The molecule has 2 aromatic rings. The van der Waals surface area contributed by atoms with E-state index in [1.165, 1.54) is 11.3 Å². The summed E-state index contributed by atoms with van der Waals surface area (Å²) in [6, 6.07) is 16.6. The van der Waals surface area contributed by atoms with Crippen molar-refractivity contribution in [3.05, 3.63) is 64.8 Å². The van der Waals surface area contributed by atoms with Gasteiger partial charge in [0, 0.05) is 11.2 Å². The van der Waals surface area contributed by atoms with Crippen LogP contribution < -0.4 is 15.6 Å². The second-order valence-electron chi connectivity index (χ2n) is 7.12. The number of thiol groups is 1. The Bertz CT molecular complexity index is 852. The van der Waals surface area contributed by atoms with Crippen molar-refractivity contribution in [2.45, 2.75) is 43.8 Å². The molecule has 23 heavy (non-hydrogen) atoms. The van der Waals surface area contributed by atoms with Crippen LogP contribution in [0.5, 0.6) is 0 Å². The molecule has 0 saturated carbocycles. The van der Waals surface area contributed by atoms with E-state index in [-0.39, 0.29) is 5.54 Å². The first-order chi connectivity index (χ1) is 10.9. The van der Waals surface area contributed by atoms with Crippen molar-refractivity contribution in [1.29, 1.82) is 0 Å². The molecule has 1 unspecified atom stereocenters. The van der Waals surface area contributed by atoms with E-state index in [4.69, 9.17) is 22.6 Å². The van der Waals surface area contributed by atoms with E-state index in [1.54, 1.807) is 0 Å². The largest absolute Gasteiger partial charge is 0.315 e. The predicted molar refractivity (Wildman–Crippen MR) is 96.5 cm³/mol. The van der Waals surface area contributed by atoms with Crippen LogP contribution in [0, 0.1) is 0 Å². The summed E-state index contributed by atoms with van der Waals surface area (Å²) in [6.07, 6.45) is 1.05. The highest BCUT2D eigenvalue weighted by Gasteiger charge is 2.47. The van der Waals surface area contributed by atoms with Crippen molar-refractivity contribution in [2.24, 2.45) is 9.98 Å². The van der Waals surface area contributed by atoms with Crippen LogP contribution in [0.15, 0.2) is 58.5 Å². The summed E-state index contributed by atoms with van der Waals surface area (Å²) in [5.74, 6) is 0.512. The van der Waals surface area contributed by atoms with Crippen LogP contribution in [0.3, 0.4) is 0 Å². The second-order valence-corrected chi connectivity index (χ2v) is 7.72. The van der Waals surface area contributed by atoms with Gasteiger partial charge in [0.05, 0.1) is 10.7 Å². The molecule has 118 valence electrons. The normalized spacial score (nSPS) is 23.5. The fourth-order valence-electron chi connectivity index (χ4n) is 4.05. The number of benzene rings is 2. The minimum atomic E-state index is -0.885. The number of nitrogens with zero attached hydrogens (tertiary/aromatic N) is 3. The molecule has 2 heterocycles. The maximum atomic E-state index is 4.93. The van der Waals surface area contributed by atoms with Crippen LogP contribution in [0.25, 0.3) is 0 Å². The number of para-hydroxylation sites is 3. The van der Waals surface area contributed by atoms with Crippen molar-refractivity contribution < 1.29 is 0 Å². The lowest BCUT2D eigenvalue weighted by molar-refractivity contribution is 0.334. The molecule has 0 bridgehead atoms. The van der Waals surface area contributed by atoms with Gasteiger partial charge in [-0.05, 0) is 49.9 Å². The quantitative estimate of drug-likeness (QED) is 0.802. The Hall–Kier alpha value is -1.81. The van der Waals surface area contributed by atoms with E-state index < -0.39 is 5.12 Å². The van der Waals surface area contributed by atoms with Gasteiger partial charge in [-0.15, -0.1) is 12.6 Å². The zero-order chi connectivity index (χ0) is 16.2. The standard InChI is InChI=1S/C19H21N3S/c1-13-12-18(2,3)22(17-11-7-4-8-14(13)17)19(23)20-15-9-5-6-10-16(15)21-19/h4-11,13,23H,12H2,1-3H3. The molecule has 2 aliphatic rings. The van der Waals surface area contributed by atoms with Crippen LogP contribution in [0.4, 0.5) is 5.69 Å². The smallest absolute Gasteiger partial charge is 0.277 e. The third-order valence-electron chi connectivity index (χ3n) is 4.84. The molecule has 0 aliphatic carbocycles. The first-order valence-corrected chi connectivity index (χ1v) is 8.52. The number of fused-ring (bicyclic) bond motifs is 2. The summed E-state index contributed by atoms with van der Waals surface area (Å²) in [6.45, 7) is 6.80. The molecule has 0 spiro atoms. The van der Waals surface area contributed by atoms with Gasteiger partial charge in [0.15, 0.2) is 0 Å². The lowest BCUT2D eigenvalue weighted by Crippen LogP contribution is -2.57. The Kier molecular flexibility index (Phi) is 3.11. The predicted octanol–water partition coefficient (Wildman–Crippen LogP) is 3.27. The maximum absolute atomic E-state index is 4.93. The number of hydrogen-bond donors (Lipinski definition) is 1. The first-order valence-electron chi connectivity index (χ1n) is 8.07. The fraction of sp³-hybridized carbons (Fsp3) is 0.368. The van der Waals surface area contributed by atoms with E-state index in [0.717, 1.165) is 17.1 Å². The van der Waals surface area contributed by atoms with Gasteiger partial charge in [-0.2, -0.15) is 0 Å². The zero-order valence-corrected chi connectivity index (χ0v) is 14.6. The average Bonchev–Trinajstić information content (AvgIpc) is 2.82. The van der Waals surface area contributed by atoms with Crippen LogP contribution in [0.1, 0.15) is 38.7 Å². The third kappa shape index (κ3) is 2.19. The lowest BCUT2D eigenvalue weighted by atomic mass is 9.80. The van der Waals surface area contributed by atoms with Crippen LogP contribution in [-0.4, -0.2) is 10.7 Å². The van der Waals surface area contributed by atoms with E-state index in [0.29, 0.717) is 5.92 Å². The minimum absolute atomic E-state index is 0.0788. The highest BCUT2D eigenvalue weighted by Crippen LogP contribution is 2.48. The van der Waals surface area contributed by atoms with Crippen LogP contribution in [0.2, 0.25) is 0 Å². The van der Waals surface area contributed by atoms with Gasteiger partial charge in [0.2, 0.25) is 0 Å². The SMILES string of the molecule is CC1CC(C)(C)N(C2(S)N=c3ccccc3=N2)c2ccccc21. The lowest BCUT2D eigenvalue weighted by Gasteiger charge is -2.51. The van der Waals surface area contributed by atoms with Crippen LogP contribution in [-0.2, 0) is 0 Å². The minimum Gasteiger partial charge on any atom is -0.315 e. The Morgan fingerprint density at radius 2 is 1.57 bits per heavy atom. The first kappa shape index (κ1) is 14.8. The molecule has 2 aromatic carbocycles. The summed E-state index contributed by atoms with van der Waals surface area (Å²) in [4.78, 5) is 12.0. The number of anilines is 1. The molecule has 1 atom stereocenters. The molecule has 3 nitrogen and oxygen atoms in total. The summed E-state index contributed by atoms with van der Waals surface area (Å²) < 4.78 is 0. The highest BCUT2D eigenvalue weighted by molar-refractivity contribution is 7.81. The van der Waals surface area contributed by atoms with E-state index in [1.807, 2.05) is 24.3 Å². The molecule has 0 N–H and O–H groups in total. The van der Waals surface area contributed by atoms with Gasteiger partial charge in [-0.3, -0.25) is 0 Å². The Morgan fingerprint density at radius 3 is 2.22 bits per heavy atom. The molecular weight excluding hydrogens is 302 g/mol. The van der Waals surface area contributed by atoms with Gasteiger partial charge >= 0.3 is 0 Å². The monoisotopic (exact) mass is 323 g/mol. The fourth-order valence-corrected chi connectivity index (χ4v) is 4.65. The van der Waals surface area contributed by atoms with Crippen molar-refractivity contribution >= 4 is 18.3 Å². The molecule has 0 saturated heterocycles. The van der Waals surface area contributed by atoms with Crippen LogP contribution >= 0.6 is 12.6 Å². The Labute approximate surface area is 142 Å². The maximum Gasteiger partial charge on any atom is 0.277 e. The molecule has 4 rings (SSSR count). The zero-order valence-electron chi connectivity index (χ0n) is 13.7. The second kappa shape index (κ2) is 4.84. The van der Waals surface area contributed by atoms with Crippen molar-refractivity contribution in [1.82, 2.24) is 0 Å². The van der Waals surface area contributed by atoms with Gasteiger partial charge in [-0.1, -0.05) is 37.3 Å². The molecule has 0 aromatic heterocycles. The van der Waals surface area contributed by atoms with E-state index >= 15 is 0 Å². The van der Waals surface area contributed by atoms with Gasteiger partial charge < -0.3 is 4.90 Å².